The van der Waals surface area contributed by atoms with Crippen molar-refractivity contribution < 1.29 is 18.0 Å². The Morgan fingerprint density at radius 3 is 2.32 bits per heavy atom. The molecule has 0 heterocycles. The number of ketones is 1. The van der Waals surface area contributed by atoms with E-state index in [0.717, 1.165) is 0 Å². The van der Waals surface area contributed by atoms with Crippen LogP contribution >= 0.6 is 11.6 Å². The Morgan fingerprint density at radius 2 is 1.61 bits per heavy atom. The largest absolute Gasteiger partial charge is 0.325 e. The molecule has 0 bridgehead atoms. The number of rotatable bonds is 8. The monoisotopic (exact) mass is 456 g/mol. The summed E-state index contributed by atoms with van der Waals surface area (Å²) in [5, 5.41) is 3.02. The molecule has 2 N–H and O–H groups in total. The van der Waals surface area contributed by atoms with Crippen molar-refractivity contribution in [1.29, 1.82) is 0 Å². The summed E-state index contributed by atoms with van der Waals surface area (Å²) in [6.45, 7) is 1.61. The zero-order valence-electron chi connectivity index (χ0n) is 16.8. The van der Waals surface area contributed by atoms with Gasteiger partial charge in [0.25, 0.3) is 0 Å². The third kappa shape index (κ3) is 5.79. The molecule has 0 unspecified atom stereocenters. The number of benzene rings is 3. The highest BCUT2D eigenvalue weighted by Crippen LogP contribution is 2.24. The van der Waals surface area contributed by atoms with Crippen LogP contribution in [-0.2, 0) is 14.8 Å². The van der Waals surface area contributed by atoms with Crippen molar-refractivity contribution in [3.63, 3.8) is 0 Å². The Kier molecular flexibility index (Phi) is 7.22. The van der Waals surface area contributed by atoms with Gasteiger partial charge in [-0.1, -0.05) is 60.1 Å². The van der Waals surface area contributed by atoms with E-state index < -0.39 is 15.9 Å². The van der Waals surface area contributed by atoms with Crippen molar-refractivity contribution in [2.24, 2.45) is 0 Å². The van der Waals surface area contributed by atoms with Crippen LogP contribution in [0, 0.1) is 6.92 Å². The highest BCUT2D eigenvalue weighted by Gasteiger charge is 2.18. The van der Waals surface area contributed by atoms with Crippen LogP contribution in [0.1, 0.15) is 27.9 Å². The molecule has 0 aliphatic heterocycles. The summed E-state index contributed by atoms with van der Waals surface area (Å²) in [4.78, 5) is 25.4. The zero-order valence-corrected chi connectivity index (χ0v) is 18.3. The van der Waals surface area contributed by atoms with Crippen molar-refractivity contribution in [3.8, 4) is 0 Å². The summed E-state index contributed by atoms with van der Waals surface area (Å²) in [5.41, 5.74) is 1.66. The van der Waals surface area contributed by atoms with Crippen molar-refractivity contribution >= 4 is 39.0 Å². The Labute approximate surface area is 186 Å². The van der Waals surface area contributed by atoms with Gasteiger partial charge in [-0.05, 0) is 36.8 Å². The van der Waals surface area contributed by atoms with E-state index in [1.54, 1.807) is 67.6 Å². The fourth-order valence-electron chi connectivity index (χ4n) is 3.01. The second-order valence-corrected chi connectivity index (χ2v) is 9.02. The maximum absolute atomic E-state index is 12.8. The number of hydrogen-bond donors (Lipinski definition) is 2. The molecule has 0 fully saturated rings. The number of anilines is 1. The van der Waals surface area contributed by atoms with Crippen LogP contribution in [0.5, 0.6) is 0 Å². The molecule has 3 aromatic carbocycles. The molecule has 160 valence electrons. The molecule has 0 saturated carbocycles. The van der Waals surface area contributed by atoms with Gasteiger partial charge in [0.05, 0.1) is 10.6 Å². The lowest BCUT2D eigenvalue weighted by atomic mass is 10.0. The molecule has 0 aliphatic carbocycles. The maximum Gasteiger partial charge on any atom is 0.240 e. The minimum atomic E-state index is -3.73. The van der Waals surface area contributed by atoms with Crippen LogP contribution in [-0.4, -0.2) is 26.7 Å². The standard InChI is InChI=1S/C23H21ClN2O4S/c1-16-7-5-6-10-21(16)31(29,30)25-14-13-22(27)26-20-15-18(24)11-12-19(20)23(28)17-8-3-2-4-9-17/h2-12,15,25H,13-14H2,1H3,(H,26,27). The summed E-state index contributed by atoms with van der Waals surface area (Å²) in [7, 11) is -3.73. The van der Waals surface area contributed by atoms with Crippen molar-refractivity contribution in [3.05, 3.63) is 94.5 Å². The molecule has 0 spiro atoms. The lowest BCUT2D eigenvalue weighted by Crippen LogP contribution is -2.28. The van der Waals surface area contributed by atoms with E-state index in [1.807, 2.05) is 0 Å². The summed E-state index contributed by atoms with van der Waals surface area (Å²) < 4.78 is 27.3. The average molecular weight is 457 g/mol. The molecule has 0 aliphatic rings. The van der Waals surface area contributed by atoms with Crippen LogP contribution in [0.4, 0.5) is 5.69 Å². The predicted molar refractivity (Wildman–Crippen MR) is 121 cm³/mol. The van der Waals surface area contributed by atoms with Gasteiger partial charge in [-0.25, -0.2) is 13.1 Å². The molecule has 0 saturated heterocycles. The summed E-state index contributed by atoms with van der Waals surface area (Å²) in [6, 6.07) is 19.9. The van der Waals surface area contributed by atoms with E-state index in [2.05, 4.69) is 10.0 Å². The molecule has 1 amide bonds. The van der Waals surface area contributed by atoms with Gasteiger partial charge >= 0.3 is 0 Å². The quantitative estimate of drug-likeness (QED) is 0.497. The Morgan fingerprint density at radius 1 is 0.935 bits per heavy atom. The SMILES string of the molecule is Cc1ccccc1S(=O)(=O)NCCC(=O)Nc1cc(Cl)ccc1C(=O)c1ccccc1. The second-order valence-electron chi connectivity index (χ2n) is 6.85. The number of carbonyl (C=O) groups is 2. The number of sulfonamides is 1. The van der Waals surface area contributed by atoms with Crippen LogP contribution in [0.3, 0.4) is 0 Å². The number of carbonyl (C=O) groups excluding carboxylic acids is 2. The predicted octanol–water partition coefficient (Wildman–Crippen LogP) is 4.19. The minimum absolute atomic E-state index is 0.0922. The molecule has 0 radical (unpaired) electrons. The molecule has 3 rings (SSSR count). The topological polar surface area (TPSA) is 92.3 Å². The van der Waals surface area contributed by atoms with E-state index in [4.69, 9.17) is 11.6 Å². The van der Waals surface area contributed by atoms with E-state index in [0.29, 0.717) is 21.7 Å². The molecule has 6 nitrogen and oxygen atoms in total. The number of hydrogen-bond acceptors (Lipinski definition) is 4. The zero-order chi connectivity index (χ0) is 22.4. The Balaban J connectivity index is 1.68. The van der Waals surface area contributed by atoms with Crippen LogP contribution in [0.15, 0.2) is 77.7 Å². The van der Waals surface area contributed by atoms with Gasteiger partial charge in [0.1, 0.15) is 0 Å². The van der Waals surface area contributed by atoms with Gasteiger partial charge in [-0.15, -0.1) is 0 Å². The third-order valence-electron chi connectivity index (χ3n) is 4.56. The second kappa shape index (κ2) is 9.87. The first-order valence-electron chi connectivity index (χ1n) is 9.52. The van der Waals surface area contributed by atoms with E-state index >= 15 is 0 Å². The highest BCUT2D eigenvalue weighted by molar-refractivity contribution is 7.89. The molecule has 31 heavy (non-hydrogen) atoms. The lowest BCUT2D eigenvalue weighted by molar-refractivity contribution is -0.116. The Bertz CT molecular complexity index is 1210. The third-order valence-corrected chi connectivity index (χ3v) is 6.42. The number of amides is 1. The molecule has 0 aromatic heterocycles. The molecule has 3 aromatic rings. The normalized spacial score (nSPS) is 11.2. The van der Waals surface area contributed by atoms with Gasteiger partial charge in [0.2, 0.25) is 15.9 Å². The number of aryl methyl sites for hydroxylation is 1. The van der Waals surface area contributed by atoms with Crippen LogP contribution in [0.2, 0.25) is 5.02 Å². The number of halogens is 1. The molecular weight excluding hydrogens is 436 g/mol. The van der Waals surface area contributed by atoms with E-state index in [1.165, 1.54) is 12.1 Å². The van der Waals surface area contributed by atoms with Gasteiger partial charge in [0.15, 0.2) is 5.78 Å². The molecular formula is C23H21ClN2O4S. The first-order valence-corrected chi connectivity index (χ1v) is 11.4. The summed E-state index contributed by atoms with van der Waals surface area (Å²) in [6.07, 6.45) is -0.114. The minimum Gasteiger partial charge on any atom is -0.325 e. The van der Waals surface area contributed by atoms with Gasteiger partial charge in [0, 0.05) is 29.1 Å². The van der Waals surface area contributed by atoms with Crippen molar-refractivity contribution in [1.82, 2.24) is 4.72 Å². The fourth-order valence-corrected chi connectivity index (χ4v) is 4.46. The van der Waals surface area contributed by atoms with Gasteiger partial charge in [-0.2, -0.15) is 0 Å². The Hall–Kier alpha value is -3.00. The van der Waals surface area contributed by atoms with Crippen LogP contribution < -0.4 is 10.0 Å². The van der Waals surface area contributed by atoms with Crippen LogP contribution in [0.25, 0.3) is 0 Å². The van der Waals surface area contributed by atoms with E-state index in [9.17, 15) is 18.0 Å². The average Bonchev–Trinajstić information content (AvgIpc) is 2.74. The van der Waals surface area contributed by atoms with Gasteiger partial charge in [-0.3, -0.25) is 9.59 Å². The smallest absolute Gasteiger partial charge is 0.240 e. The first-order chi connectivity index (χ1) is 14.8. The fraction of sp³-hybridized carbons (Fsp3) is 0.130. The van der Waals surface area contributed by atoms with Crippen molar-refractivity contribution in [2.75, 3.05) is 11.9 Å². The van der Waals surface area contributed by atoms with E-state index in [-0.39, 0.29) is 29.3 Å². The first kappa shape index (κ1) is 22.7. The summed E-state index contributed by atoms with van der Waals surface area (Å²) >= 11 is 6.04. The van der Waals surface area contributed by atoms with Crippen molar-refractivity contribution in [2.45, 2.75) is 18.2 Å². The molecule has 8 heteroatoms. The summed E-state index contributed by atoms with van der Waals surface area (Å²) in [5.74, 6) is -0.704. The lowest BCUT2D eigenvalue weighted by Gasteiger charge is -2.12. The maximum atomic E-state index is 12.8. The highest BCUT2D eigenvalue weighted by atomic mass is 35.5. The van der Waals surface area contributed by atoms with Gasteiger partial charge < -0.3 is 5.32 Å². The molecule has 0 atom stereocenters. The number of nitrogens with one attached hydrogen (secondary N) is 2.